The maximum Gasteiger partial charge on any atom is 0.255 e. The number of carbonyl (C=O) groups excluding carboxylic acids is 1. The molecule has 9 heteroatoms. The van der Waals surface area contributed by atoms with Gasteiger partial charge in [-0.25, -0.2) is 15.0 Å². The Balaban J connectivity index is 1.33. The lowest BCUT2D eigenvalue weighted by Gasteiger charge is -2.35. The standard InChI is InChI=1S/C22H21N7O2/c1-31-19-5-3-17(4-6-19)21(30)27-18-14-25-22(26-15-18)29-10-8-28(9-11-29)20-7-2-16(12-23)13-24-20/h2-7,13-15H,8-11H2,1H3,(H,27,30). The van der Waals surface area contributed by atoms with E-state index in [1.807, 2.05) is 6.07 Å². The lowest BCUT2D eigenvalue weighted by molar-refractivity contribution is 0.102. The summed E-state index contributed by atoms with van der Waals surface area (Å²) in [5, 5.41) is 11.7. The van der Waals surface area contributed by atoms with Crippen LogP contribution in [0, 0.1) is 11.3 Å². The predicted octanol–water partition coefficient (Wildman–Crippen LogP) is 2.33. The minimum Gasteiger partial charge on any atom is -0.497 e. The number of pyridine rings is 1. The maximum absolute atomic E-state index is 12.4. The van der Waals surface area contributed by atoms with Crippen molar-refractivity contribution in [3.63, 3.8) is 0 Å². The molecule has 0 spiro atoms. The van der Waals surface area contributed by atoms with E-state index in [9.17, 15) is 4.79 Å². The molecule has 1 aliphatic rings. The number of hydrogen-bond donors (Lipinski definition) is 1. The van der Waals surface area contributed by atoms with Crippen molar-refractivity contribution >= 4 is 23.4 Å². The van der Waals surface area contributed by atoms with E-state index in [-0.39, 0.29) is 5.91 Å². The number of nitriles is 1. The highest BCUT2D eigenvalue weighted by Crippen LogP contribution is 2.18. The second kappa shape index (κ2) is 9.09. The number of nitrogens with zero attached hydrogens (tertiary/aromatic N) is 6. The zero-order valence-electron chi connectivity index (χ0n) is 17.0. The van der Waals surface area contributed by atoms with Crippen molar-refractivity contribution in [2.45, 2.75) is 0 Å². The number of ether oxygens (including phenoxy) is 1. The highest BCUT2D eigenvalue weighted by atomic mass is 16.5. The first-order valence-electron chi connectivity index (χ1n) is 9.80. The lowest BCUT2D eigenvalue weighted by atomic mass is 10.2. The van der Waals surface area contributed by atoms with Gasteiger partial charge < -0.3 is 19.9 Å². The highest BCUT2D eigenvalue weighted by molar-refractivity contribution is 6.04. The predicted molar refractivity (Wildman–Crippen MR) is 116 cm³/mol. The Labute approximate surface area is 179 Å². The van der Waals surface area contributed by atoms with E-state index in [4.69, 9.17) is 10.00 Å². The van der Waals surface area contributed by atoms with Crippen LogP contribution in [0.5, 0.6) is 5.75 Å². The molecule has 1 aromatic carbocycles. The van der Waals surface area contributed by atoms with Gasteiger partial charge in [-0.15, -0.1) is 0 Å². The molecule has 1 N–H and O–H groups in total. The Morgan fingerprint density at radius 1 is 0.968 bits per heavy atom. The first-order valence-corrected chi connectivity index (χ1v) is 9.80. The van der Waals surface area contributed by atoms with Crippen LogP contribution in [0.15, 0.2) is 55.0 Å². The fourth-order valence-corrected chi connectivity index (χ4v) is 3.27. The monoisotopic (exact) mass is 415 g/mol. The summed E-state index contributed by atoms with van der Waals surface area (Å²) in [6.45, 7) is 3.05. The van der Waals surface area contributed by atoms with Crippen molar-refractivity contribution in [3.8, 4) is 11.8 Å². The molecule has 0 aliphatic carbocycles. The quantitative estimate of drug-likeness (QED) is 0.677. The Bertz CT molecular complexity index is 1070. The van der Waals surface area contributed by atoms with Gasteiger partial charge in [0, 0.05) is 37.9 Å². The molecule has 1 aliphatic heterocycles. The molecule has 2 aromatic heterocycles. The van der Waals surface area contributed by atoms with Crippen molar-refractivity contribution in [1.82, 2.24) is 15.0 Å². The van der Waals surface area contributed by atoms with Crippen molar-refractivity contribution in [1.29, 1.82) is 5.26 Å². The smallest absolute Gasteiger partial charge is 0.255 e. The Morgan fingerprint density at radius 3 is 2.23 bits per heavy atom. The van der Waals surface area contributed by atoms with Crippen molar-refractivity contribution in [3.05, 3.63) is 66.1 Å². The van der Waals surface area contributed by atoms with E-state index in [1.54, 1.807) is 56.0 Å². The van der Waals surface area contributed by atoms with Crippen LogP contribution in [0.3, 0.4) is 0 Å². The van der Waals surface area contributed by atoms with E-state index in [1.165, 1.54) is 0 Å². The van der Waals surface area contributed by atoms with Gasteiger partial charge >= 0.3 is 0 Å². The van der Waals surface area contributed by atoms with Gasteiger partial charge in [-0.3, -0.25) is 4.79 Å². The van der Waals surface area contributed by atoms with Crippen LogP contribution >= 0.6 is 0 Å². The maximum atomic E-state index is 12.4. The summed E-state index contributed by atoms with van der Waals surface area (Å²) in [5.74, 6) is 1.94. The average molecular weight is 415 g/mol. The summed E-state index contributed by atoms with van der Waals surface area (Å²) in [4.78, 5) is 29.8. The number of hydrogen-bond acceptors (Lipinski definition) is 8. The van der Waals surface area contributed by atoms with Gasteiger partial charge in [0.15, 0.2) is 0 Å². The number of amides is 1. The van der Waals surface area contributed by atoms with Crippen LogP contribution in [0.1, 0.15) is 15.9 Å². The summed E-state index contributed by atoms with van der Waals surface area (Å²) in [6.07, 6.45) is 4.81. The van der Waals surface area contributed by atoms with Crippen LogP contribution in [0.2, 0.25) is 0 Å². The molecule has 0 unspecified atom stereocenters. The third-order valence-corrected chi connectivity index (χ3v) is 5.01. The van der Waals surface area contributed by atoms with Crippen molar-refractivity contribution in [2.75, 3.05) is 48.4 Å². The van der Waals surface area contributed by atoms with Gasteiger partial charge in [0.25, 0.3) is 5.91 Å². The number of rotatable bonds is 5. The Kier molecular flexibility index (Phi) is 5.89. The minimum atomic E-state index is -0.234. The van der Waals surface area contributed by atoms with Gasteiger partial charge in [0.05, 0.1) is 30.8 Å². The largest absolute Gasteiger partial charge is 0.497 e. The van der Waals surface area contributed by atoms with Crippen LogP contribution in [-0.4, -0.2) is 54.1 Å². The summed E-state index contributed by atoms with van der Waals surface area (Å²) < 4.78 is 5.10. The minimum absolute atomic E-state index is 0.234. The molecule has 0 bridgehead atoms. The van der Waals surface area contributed by atoms with E-state index in [0.717, 1.165) is 32.0 Å². The molecule has 1 amide bonds. The van der Waals surface area contributed by atoms with E-state index < -0.39 is 0 Å². The first kappa shape index (κ1) is 20.1. The summed E-state index contributed by atoms with van der Waals surface area (Å²) >= 11 is 0. The zero-order chi connectivity index (χ0) is 21.6. The number of methoxy groups -OCH3 is 1. The molecule has 0 atom stereocenters. The number of benzene rings is 1. The van der Waals surface area contributed by atoms with Crippen LogP contribution in [0.4, 0.5) is 17.5 Å². The van der Waals surface area contributed by atoms with Gasteiger partial charge in [-0.05, 0) is 36.4 Å². The number of piperazine rings is 1. The molecule has 1 fully saturated rings. The Morgan fingerprint density at radius 2 is 1.65 bits per heavy atom. The number of carbonyl (C=O) groups is 1. The molecule has 9 nitrogen and oxygen atoms in total. The van der Waals surface area contributed by atoms with Gasteiger partial charge in [-0.1, -0.05) is 0 Å². The average Bonchev–Trinajstić information content (AvgIpc) is 2.85. The van der Waals surface area contributed by atoms with Crippen molar-refractivity contribution < 1.29 is 9.53 Å². The first-order chi connectivity index (χ1) is 15.2. The topological polar surface area (TPSA) is 107 Å². The van der Waals surface area contributed by atoms with E-state index in [2.05, 4.69) is 36.1 Å². The Hall–Kier alpha value is -4.19. The fraction of sp³-hybridized carbons (Fsp3) is 0.227. The third kappa shape index (κ3) is 4.70. The second-order valence-corrected chi connectivity index (χ2v) is 6.95. The van der Waals surface area contributed by atoms with Crippen molar-refractivity contribution in [2.24, 2.45) is 0 Å². The molecule has 4 rings (SSSR count). The van der Waals surface area contributed by atoms with Crippen LogP contribution in [-0.2, 0) is 0 Å². The van der Waals surface area contributed by atoms with E-state index >= 15 is 0 Å². The molecule has 31 heavy (non-hydrogen) atoms. The molecule has 156 valence electrons. The zero-order valence-corrected chi connectivity index (χ0v) is 17.0. The molecule has 3 aromatic rings. The molecular formula is C22H21N7O2. The molecule has 0 saturated carbocycles. The van der Waals surface area contributed by atoms with Gasteiger partial charge in [0.2, 0.25) is 5.95 Å². The highest BCUT2D eigenvalue weighted by Gasteiger charge is 2.20. The number of anilines is 3. The van der Waals surface area contributed by atoms with Crippen LogP contribution < -0.4 is 19.9 Å². The lowest BCUT2D eigenvalue weighted by Crippen LogP contribution is -2.47. The molecule has 0 radical (unpaired) electrons. The summed E-state index contributed by atoms with van der Waals surface area (Å²) in [7, 11) is 1.58. The molecular weight excluding hydrogens is 394 g/mol. The number of aromatic nitrogens is 3. The van der Waals surface area contributed by atoms with Gasteiger partial charge in [-0.2, -0.15) is 5.26 Å². The SMILES string of the molecule is COc1ccc(C(=O)Nc2cnc(N3CCN(c4ccc(C#N)cn4)CC3)nc2)cc1. The van der Waals surface area contributed by atoms with Gasteiger partial charge in [0.1, 0.15) is 17.6 Å². The molecule has 1 saturated heterocycles. The van der Waals surface area contributed by atoms with E-state index in [0.29, 0.717) is 28.5 Å². The summed E-state index contributed by atoms with van der Waals surface area (Å²) in [6, 6.07) is 12.6. The van der Waals surface area contributed by atoms with Crippen LogP contribution in [0.25, 0.3) is 0 Å². The normalized spacial score (nSPS) is 13.4. The fourth-order valence-electron chi connectivity index (χ4n) is 3.27. The second-order valence-electron chi connectivity index (χ2n) is 6.95. The number of nitrogens with one attached hydrogen (secondary N) is 1. The third-order valence-electron chi connectivity index (χ3n) is 5.01. The summed E-state index contributed by atoms with van der Waals surface area (Å²) in [5.41, 5.74) is 1.61. The molecule has 3 heterocycles.